The smallest absolute Gasteiger partial charge is 0.0570 e. The van der Waals surface area contributed by atoms with Crippen molar-refractivity contribution in [3.8, 4) is 0 Å². The normalized spacial score (nSPS) is 10.2. The average molecular weight is 73.1 g/mol. The molecule has 0 aromatic rings. The van der Waals surface area contributed by atoms with Crippen molar-refractivity contribution in [2.45, 2.75) is 6.42 Å². The van der Waals surface area contributed by atoms with Gasteiger partial charge < -0.3 is 5.11 Å². The van der Waals surface area contributed by atoms with Gasteiger partial charge in [-0.25, -0.2) is 0 Å². The van der Waals surface area contributed by atoms with Gasteiger partial charge in [0.25, 0.3) is 0 Å². The second kappa shape index (κ2) is 3.70. The van der Waals surface area contributed by atoms with Gasteiger partial charge in [0.05, 0.1) is 1.37 Å². The van der Waals surface area contributed by atoms with Crippen LogP contribution in [0.2, 0.25) is 0 Å². The van der Waals surface area contributed by atoms with Gasteiger partial charge in [-0.1, -0.05) is 6.05 Å². The van der Waals surface area contributed by atoms with E-state index in [-0.39, 0.29) is 12.7 Å². The molecular formula is C4H8O. The summed E-state index contributed by atoms with van der Waals surface area (Å²) in [5, 5.41) is 8.06. The van der Waals surface area contributed by atoms with Crippen LogP contribution >= 0.6 is 0 Å². The first-order chi connectivity index (χ1) is 2.77. The van der Waals surface area contributed by atoms with E-state index in [2.05, 4.69) is 6.58 Å². The molecule has 0 radical (unpaired) electrons. The van der Waals surface area contributed by atoms with Crippen LogP contribution in [0.25, 0.3) is 0 Å². The molecule has 1 nitrogen and oxygen atoms in total. The fourth-order valence-corrected chi connectivity index (χ4v) is 0.0791. The van der Waals surface area contributed by atoms with Crippen LogP contribution in [0, 0.1) is 0 Å². The van der Waals surface area contributed by atoms with Gasteiger partial charge in [-0.3, -0.25) is 0 Å². The van der Waals surface area contributed by atoms with E-state index in [1.165, 1.54) is 0 Å². The Labute approximate surface area is 33.3 Å². The third-order valence-electron chi connectivity index (χ3n) is 0.289. The van der Waals surface area contributed by atoms with Gasteiger partial charge in [0.2, 0.25) is 0 Å². The number of aliphatic hydroxyl groups is 1. The quantitative estimate of drug-likeness (QED) is 0.473. The molecule has 0 bridgehead atoms. The lowest BCUT2D eigenvalue weighted by atomic mass is 10.5. The SMILES string of the molecule is [2H]C(=C)CCO. The zero-order valence-electron chi connectivity index (χ0n) is 4.07. The standard InChI is InChI=1S/C4H8O/c1-2-3-4-5/h2,5H,1,3-4H2/i2D. The van der Waals surface area contributed by atoms with Crippen molar-refractivity contribution in [3.05, 3.63) is 12.6 Å². The molecule has 0 aromatic carbocycles. The molecule has 0 atom stereocenters. The summed E-state index contributed by atoms with van der Waals surface area (Å²) in [6.07, 6.45) is 0.403. The highest BCUT2D eigenvalue weighted by molar-refractivity contribution is 4.63. The van der Waals surface area contributed by atoms with Crippen molar-refractivity contribution in [3.63, 3.8) is 0 Å². The highest BCUT2D eigenvalue weighted by Crippen LogP contribution is 1.69. The van der Waals surface area contributed by atoms with E-state index in [1.54, 1.807) is 0 Å². The molecule has 0 amide bonds. The number of aliphatic hydroxyl groups excluding tert-OH is 1. The van der Waals surface area contributed by atoms with E-state index in [1.807, 2.05) is 0 Å². The molecule has 0 aliphatic heterocycles. The van der Waals surface area contributed by atoms with Crippen LogP contribution in [0.4, 0.5) is 0 Å². The Morgan fingerprint density at radius 3 is 2.80 bits per heavy atom. The summed E-state index contributed by atoms with van der Waals surface area (Å²) in [4.78, 5) is 0. The fraction of sp³-hybridized carbons (Fsp3) is 0.500. The largest absolute Gasteiger partial charge is 0.396 e. The molecule has 1 heteroatoms. The first-order valence-electron chi connectivity index (χ1n) is 2.02. The second-order valence-electron chi connectivity index (χ2n) is 0.724. The summed E-state index contributed by atoms with van der Waals surface area (Å²) >= 11 is 0. The molecule has 0 unspecified atom stereocenters. The maximum absolute atomic E-state index is 8.06. The number of rotatable bonds is 2. The van der Waals surface area contributed by atoms with E-state index in [0.29, 0.717) is 6.42 Å². The summed E-state index contributed by atoms with van der Waals surface area (Å²) in [7, 11) is 0. The lowest BCUT2D eigenvalue weighted by Crippen LogP contribution is -1.71. The molecule has 0 aromatic heterocycles. The summed E-state index contributed by atoms with van der Waals surface area (Å²) in [6.45, 7) is 3.30. The van der Waals surface area contributed by atoms with Crippen molar-refractivity contribution in [2.24, 2.45) is 0 Å². The van der Waals surface area contributed by atoms with Crippen molar-refractivity contribution in [1.82, 2.24) is 0 Å². The molecular weight excluding hydrogens is 64.0 g/mol. The van der Waals surface area contributed by atoms with Crippen molar-refractivity contribution in [2.75, 3.05) is 6.61 Å². The predicted molar refractivity (Wildman–Crippen MR) is 21.9 cm³/mol. The van der Waals surface area contributed by atoms with Gasteiger partial charge in [0, 0.05) is 6.61 Å². The van der Waals surface area contributed by atoms with Gasteiger partial charge in [-0.2, -0.15) is 0 Å². The minimum atomic E-state index is 0.0440. The van der Waals surface area contributed by atoms with Gasteiger partial charge in [-0.05, 0) is 6.42 Å². The highest BCUT2D eigenvalue weighted by Gasteiger charge is 1.62. The Kier molecular flexibility index (Phi) is 2.16. The average Bonchev–Trinajstić information content (AvgIpc) is 1.35. The first kappa shape index (κ1) is 2.91. The Morgan fingerprint density at radius 1 is 2.20 bits per heavy atom. The van der Waals surface area contributed by atoms with E-state index in [0.717, 1.165) is 0 Å². The minimum Gasteiger partial charge on any atom is -0.396 e. The minimum absolute atomic E-state index is 0.0440. The summed E-state index contributed by atoms with van der Waals surface area (Å²) in [6, 6.07) is 0.289. The van der Waals surface area contributed by atoms with Crippen molar-refractivity contribution < 1.29 is 6.48 Å². The third-order valence-corrected chi connectivity index (χ3v) is 0.289. The zero-order valence-corrected chi connectivity index (χ0v) is 3.07. The van der Waals surface area contributed by atoms with Crippen LogP contribution in [0.1, 0.15) is 7.79 Å². The molecule has 0 fully saturated rings. The van der Waals surface area contributed by atoms with Crippen LogP contribution in [-0.2, 0) is 0 Å². The predicted octanol–water partition coefficient (Wildman–Crippen LogP) is 0.555. The van der Waals surface area contributed by atoms with Crippen LogP contribution in [0.3, 0.4) is 0 Å². The Hall–Kier alpha value is -0.300. The van der Waals surface area contributed by atoms with Crippen LogP contribution in [-0.4, -0.2) is 11.7 Å². The van der Waals surface area contributed by atoms with Crippen molar-refractivity contribution >= 4 is 0 Å². The Bertz CT molecular complexity index is 51.5. The second-order valence-corrected chi connectivity index (χ2v) is 0.724. The topological polar surface area (TPSA) is 20.2 Å². The van der Waals surface area contributed by atoms with Crippen LogP contribution in [0.15, 0.2) is 12.6 Å². The monoisotopic (exact) mass is 73.1 g/mol. The van der Waals surface area contributed by atoms with E-state index in [9.17, 15) is 0 Å². The first-order valence-corrected chi connectivity index (χ1v) is 1.52. The molecule has 0 aliphatic carbocycles. The van der Waals surface area contributed by atoms with Crippen LogP contribution in [0.5, 0.6) is 0 Å². The molecule has 0 rings (SSSR count). The lowest BCUT2D eigenvalue weighted by molar-refractivity contribution is 0.303. The zero-order chi connectivity index (χ0) is 4.99. The molecule has 5 heavy (non-hydrogen) atoms. The molecule has 0 spiro atoms. The maximum Gasteiger partial charge on any atom is 0.0570 e. The molecule has 0 saturated carbocycles. The van der Waals surface area contributed by atoms with Gasteiger partial charge in [-0.15, -0.1) is 6.58 Å². The van der Waals surface area contributed by atoms with E-state index < -0.39 is 0 Å². The van der Waals surface area contributed by atoms with Gasteiger partial charge in [0.1, 0.15) is 0 Å². The van der Waals surface area contributed by atoms with E-state index >= 15 is 0 Å². The highest BCUT2D eigenvalue weighted by atomic mass is 16.2. The molecule has 0 saturated heterocycles. The summed E-state index contributed by atoms with van der Waals surface area (Å²) in [5.74, 6) is 0. The number of hydrogen-bond donors (Lipinski definition) is 1. The summed E-state index contributed by atoms with van der Waals surface area (Å²) in [5.41, 5.74) is 0. The number of hydrogen-bond acceptors (Lipinski definition) is 1. The lowest BCUT2D eigenvalue weighted by Gasteiger charge is -1.73. The van der Waals surface area contributed by atoms with Crippen LogP contribution < -0.4 is 0 Å². The fourth-order valence-electron chi connectivity index (χ4n) is 0.0791. The third kappa shape index (κ3) is 3.70. The Balaban J connectivity index is 2.83. The summed E-state index contributed by atoms with van der Waals surface area (Å²) < 4.78 is 6.62. The Morgan fingerprint density at radius 2 is 2.80 bits per heavy atom. The van der Waals surface area contributed by atoms with Gasteiger partial charge in [0.15, 0.2) is 0 Å². The molecule has 1 N–H and O–H groups in total. The van der Waals surface area contributed by atoms with Crippen molar-refractivity contribution in [1.29, 1.82) is 0 Å². The van der Waals surface area contributed by atoms with E-state index in [4.69, 9.17) is 6.48 Å². The molecule has 0 aliphatic rings. The maximum atomic E-state index is 8.06. The molecule has 30 valence electrons. The molecule has 0 heterocycles. The van der Waals surface area contributed by atoms with Gasteiger partial charge >= 0.3 is 0 Å².